The van der Waals surface area contributed by atoms with Crippen molar-refractivity contribution in [1.29, 1.82) is 0 Å². The summed E-state index contributed by atoms with van der Waals surface area (Å²) in [5.74, 6) is 0.368. The second kappa shape index (κ2) is 16.8. The van der Waals surface area contributed by atoms with Crippen molar-refractivity contribution in [3.05, 3.63) is 0 Å². The van der Waals surface area contributed by atoms with Crippen molar-refractivity contribution in [2.45, 2.75) is 91.4 Å². The molecule has 0 aliphatic rings. The van der Waals surface area contributed by atoms with E-state index in [9.17, 15) is 4.79 Å². The maximum atomic E-state index is 11.5. The zero-order chi connectivity index (χ0) is 16.5. The van der Waals surface area contributed by atoms with Crippen LogP contribution in [0.15, 0.2) is 0 Å². The molecule has 3 heteroatoms. The third kappa shape index (κ3) is 15.8. The summed E-state index contributed by atoms with van der Waals surface area (Å²) in [5, 5.41) is 3.47. The first kappa shape index (κ1) is 21.4. The first-order valence-electron chi connectivity index (χ1n) is 9.57. The van der Waals surface area contributed by atoms with Crippen LogP contribution in [-0.4, -0.2) is 25.7 Å². The Morgan fingerprint density at radius 1 is 0.909 bits per heavy atom. The van der Waals surface area contributed by atoms with Crippen LogP contribution in [0.2, 0.25) is 0 Å². The van der Waals surface area contributed by atoms with Crippen molar-refractivity contribution in [2.75, 3.05) is 19.7 Å². The third-order valence-corrected chi connectivity index (χ3v) is 3.96. The summed E-state index contributed by atoms with van der Waals surface area (Å²) in [4.78, 5) is 11.5. The van der Waals surface area contributed by atoms with Crippen molar-refractivity contribution in [1.82, 2.24) is 5.32 Å². The summed E-state index contributed by atoms with van der Waals surface area (Å²) < 4.78 is 5.30. The number of rotatable bonds is 16. The van der Waals surface area contributed by atoms with Crippen LogP contribution in [0.25, 0.3) is 0 Å². The van der Waals surface area contributed by atoms with E-state index in [1.165, 1.54) is 44.9 Å². The molecule has 0 rings (SSSR count). The Balaban J connectivity index is 3.28. The number of hydrogen-bond acceptors (Lipinski definition) is 3. The standard InChI is InChI=1S/C19H39NO2/c1-4-6-8-9-10-11-13-15-20-16-18(3)17-22-19(21)14-12-7-5-2/h18,20H,4-17H2,1-3H3. The predicted molar refractivity (Wildman–Crippen MR) is 95.1 cm³/mol. The topological polar surface area (TPSA) is 38.3 Å². The zero-order valence-corrected chi connectivity index (χ0v) is 15.3. The van der Waals surface area contributed by atoms with E-state index in [0.717, 1.165) is 32.4 Å². The smallest absolute Gasteiger partial charge is 0.305 e. The van der Waals surface area contributed by atoms with Crippen molar-refractivity contribution < 1.29 is 9.53 Å². The van der Waals surface area contributed by atoms with Gasteiger partial charge in [-0.05, 0) is 19.4 Å². The van der Waals surface area contributed by atoms with Gasteiger partial charge in [0, 0.05) is 18.9 Å². The van der Waals surface area contributed by atoms with E-state index in [4.69, 9.17) is 4.74 Å². The van der Waals surface area contributed by atoms with Crippen molar-refractivity contribution in [3.8, 4) is 0 Å². The average molecular weight is 314 g/mol. The van der Waals surface area contributed by atoms with E-state index < -0.39 is 0 Å². The lowest BCUT2D eigenvalue weighted by molar-refractivity contribution is -0.144. The molecule has 0 spiro atoms. The van der Waals surface area contributed by atoms with Gasteiger partial charge in [0.25, 0.3) is 0 Å². The van der Waals surface area contributed by atoms with Crippen LogP contribution in [0, 0.1) is 5.92 Å². The first-order valence-corrected chi connectivity index (χ1v) is 9.57. The van der Waals surface area contributed by atoms with Crippen LogP contribution in [0.1, 0.15) is 91.4 Å². The van der Waals surface area contributed by atoms with Crippen LogP contribution in [0.5, 0.6) is 0 Å². The minimum absolute atomic E-state index is 0.0348. The molecule has 1 atom stereocenters. The number of unbranched alkanes of at least 4 members (excludes halogenated alkanes) is 8. The molecule has 132 valence electrons. The number of esters is 1. The highest BCUT2D eigenvalue weighted by molar-refractivity contribution is 5.69. The summed E-state index contributed by atoms with van der Waals surface area (Å²) in [6.45, 7) is 9.12. The van der Waals surface area contributed by atoms with Gasteiger partial charge in [0.05, 0.1) is 6.61 Å². The molecular formula is C19H39NO2. The highest BCUT2D eigenvalue weighted by atomic mass is 16.5. The molecule has 0 heterocycles. The molecule has 3 nitrogen and oxygen atoms in total. The largest absolute Gasteiger partial charge is 0.465 e. The van der Waals surface area contributed by atoms with Crippen LogP contribution in [-0.2, 0) is 9.53 Å². The Morgan fingerprint density at radius 2 is 1.50 bits per heavy atom. The third-order valence-electron chi connectivity index (χ3n) is 3.96. The summed E-state index contributed by atoms with van der Waals surface area (Å²) in [5.41, 5.74) is 0. The average Bonchev–Trinajstić information content (AvgIpc) is 2.51. The molecule has 1 unspecified atom stereocenters. The molecule has 0 amide bonds. The monoisotopic (exact) mass is 313 g/mol. The molecule has 0 aromatic heterocycles. The second-order valence-corrected chi connectivity index (χ2v) is 6.57. The number of carbonyl (C=O) groups is 1. The van der Waals surface area contributed by atoms with Crippen LogP contribution < -0.4 is 5.32 Å². The molecular weight excluding hydrogens is 274 g/mol. The Kier molecular flexibility index (Phi) is 16.4. The Morgan fingerprint density at radius 3 is 2.18 bits per heavy atom. The van der Waals surface area contributed by atoms with E-state index in [2.05, 4.69) is 26.1 Å². The molecule has 0 radical (unpaired) electrons. The Bertz CT molecular complexity index is 244. The number of hydrogen-bond donors (Lipinski definition) is 1. The number of nitrogens with one attached hydrogen (secondary N) is 1. The lowest BCUT2D eigenvalue weighted by Gasteiger charge is -2.13. The summed E-state index contributed by atoms with van der Waals surface area (Å²) in [7, 11) is 0. The molecule has 0 aromatic carbocycles. The van der Waals surface area contributed by atoms with E-state index in [-0.39, 0.29) is 5.97 Å². The molecule has 0 aliphatic heterocycles. The zero-order valence-electron chi connectivity index (χ0n) is 15.3. The van der Waals surface area contributed by atoms with Gasteiger partial charge < -0.3 is 10.1 Å². The normalized spacial score (nSPS) is 12.3. The minimum Gasteiger partial charge on any atom is -0.465 e. The van der Waals surface area contributed by atoms with E-state index >= 15 is 0 Å². The molecule has 0 bridgehead atoms. The van der Waals surface area contributed by atoms with Gasteiger partial charge in [-0.1, -0.05) is 72.1 Å². The van der Waals surface area contributed by atoms with Gasteiger partial charge >= 0.3 is 5.97 Å². The molecule has 1 N–H and O–H groups in total. The van der Waals surface area contributed by atoms with Crippen LogP contribution in [0.3, 0.4) is 0 Å². The summed E-state index contributed by atoms with van der Waals surface area (Å²) in [6, 6.07) is 0. The highest BCUT2D eigenvalue weighted by Gasteiger charge is 2.06. The van der Waals surface area contributed by atoms with Crippen LogP contribution >= 0.6 is 0 Å². The van der Waals surface area contributed by atoms with Crippen molar-refractivity contribution >= 4 is 5.97 Å². The van der Waals surface area contributed by atoms with Gasteiger partial charge in [0.2, 0.25) is 0 Å². The molecule has 0 saturated carbocycles. The van der Waals surface area contributed by atoms with E-state index in [1.807, 2.05) is 0 Å². The minimum atomic E-state index is -0.0348. The molecule has 0 aromatic rings. The first-order chi connectivity index (χ1) is 10.7. The van der Waals surface area contributed by atoms with E-state index in [0.29, 0.717) is 18.9 Å². The number of ether oxygens (including phenoxy) is 1. The predicted octanol–water partition coefficient (Wildman–Crippen LogP) is 5.09. The number of carbonyl (C=O) groups excluding carboxylic acids is 1. The molecule has 0 fully saturated rings. The highest BCUT2D eigenvalue weighted by Crippen LogP contribution is 2.06. The van der Waals surface area contributed by atoms with Gasteiger partial charge in [-0.25, -0.2) is 0 Å². The fourth-order valence-corrected chi connectivity index (χ4v) is 2.44. The lowest BCUT2D eigenvalue weighted by atomic mass is 10.1. The van der Waals surface area contributed by atoms with Gasteiger partial charge in [-0.15, -0.1) is 0 Å². The second-order valence-electron chi connectivity index (χ2n) is 6.57. The lowest BCUT2D eigenvalue weighted by Crippen LogP contribution is -2.26. The fraction of sp³-hybridized carbons (Fsp3) is 0.947. The molecule has 22 heavy (non-hydrogen) atoms. The maximum Gasteiger partial charge on any atom is 0.305 e. The van der Waals surface area contributed by atoms with Gasteiger partial charge in [0.15, 0.2) is 0 Å². The SMILES string of the molecule is CCCCCCCCCNCC(C)COC(=O)CCCCC. The van der Waals surface area contributed by atoms with E-state index in [1.54, 1.807) is 0 Å². The molecule has 0 saturated heterocycles. The summed E-state index contributed by atoms with van der Waals surface area (Å²) in [6.07, 6.45) is 13.2. The van der Waals surface area contributed by atoms with Gasteiger partial charge in [-0.2, -0.15) is 0 Å². The Labute approximate surface area is 138 Å². The summed E-state index contributed by atoms with van der Waals surface area (Å²) >= 11 is 0. The molecule has 0 aliphatic carbocycles. The quantitative estimate of drug-likeness (QED) is 0.319. The van der Waals surface area contributed by atoms with Crippen molar-refractivity contribution in [2.24, 2.45) is 5.92 Å². The van der Waals surface area contributed by atoms with Gasteiger partial charge in [-0.3, -0.25) is 4.79 Å². The van der Waals surface area contributed by atoms with Crippen molar-refractivity contribution in [3.63, 3.8) is 0 Å². The van der Waals surface area contributed by atoms with Crippen LogP contribution in [0.4, 0.5) is 0 Å². The Hall–Kier alpha value is -0.570. The maximum absolute atomic E-state index is 11.5. The van der Waals surface area contributed by atoms with Gasteiger partial charge in [0.1, 0.15) is 0 Å². The fourth-order valence-electron chi connectivity index (χ4n) is 2.44.